The van der Waals surface area contributed by atoms with Crippen molar-refractivity contribution in [1.82, 2.24) is 4.98 Å². The van der Waals surface area contributed by atoms with Gasteiger partial charge in [-0.3, -0.25) is 0 Å². The number of hydrogen-bond acceptors (Lipinski definition) is 3. The van der Waals surface area contributed by atoms with E-state index in [1.54, 1.807) is 13.0 Å². The molecule has 76 valence electrons. The molecule has 2 N–H and O–H groups in total. The minimum absolute atomic E-state index is 0.242. The lowest BCUT2D eigenvalue weighted by atomic mass is 10.2. The maximum Gasteiger partial charge on any atom is 0.335 e. The van der Waals surface area contributed by atoms with Gasteiger partial charge in [0, 0.05) is 11.7 Å². The zero-order chi connectivity index (χ0) is 10.7. The molecule has 0 aliphatic carbocycles. The zero-order valence-electron chi connectivity index (χ0n) is 8.53. The number of nitrogens with one attached hydrogen (secondary N) is 1. The fourth-order valence-electron chi connectivity index (χ4n) is 1.16. The third-order valence-corrected chi connectivity index (χ3v) is 1.64. The van der Waals surface area contributed by atoms with Crippen molar-refractivity contribution in [2.24, 2.45) is 0 Å². The largest absolute Gasteiger partial charge is 0.478 e. The fourth-order valence-corrected chi connectivity index (χ4v) is 1.16. The highest BCUT2D eigenvalue weighted by Crippen LogP contribution is 2.10. The summed E-state index contributed by atoms with van der Waals surface area (Å²) in [5.74, 6) is -0.320. The van der Waals surface area contributed by atoms with Crippen molar-refractivity contribution in [3.63, 3.8) is 0 Å². The zero-order valence-corrected chi connectivity index (χ0v) is 8.53. The smallest absolute Gasteiger partial charge is 0.335 e. The average Bonchev–Trinajstić information content (AvgIpc) is 2.01. The Kier molecular flexibility index (Phi) is 3.06. The summed E-state index contributed by atoms with van der Waals surface area (Å²) in [6.07, 6.45) is 0. The molecular weight excluding hydrogens is 180 g/mol. The SMILES string of the molecule is Cc1cc(C(=O)O)cc(NC(C)C)n1. The number of aromatic nitrogens is 1. The highest BCUT2D eigenvalue weighted by atomic mass is 16.4. The molecule has 0 spiro atoms. The standard InChI is InChI=1S/C10H14N2O2/c1-6(2)11-9-5-8(10(13)14)4-7(3)12-9/h4-6H,1-3H3,(H,11,12)(H,13,14). The lowest BCUT2D eigenvalue weighted by Gasteiger charge is -2.10. The molecule has 0 saturated carbocycles. The first-order chi connectivity index (χ1) is 6.49. The van der Waals surface area contributed by atoms with Crippen LogP contribution in [0.25, 0.3) is 0 Å². The van der Waals surface area contributed by atoms with Crippen molar-refractivity contribution < 1.29 is 9.90 Å². The number of aromatic carboxylic acids is 1. The highest BCUT2D eigenvalue weighted by molar-refractivity contribution is 5.88. The van der Waals surface area contributed by atoms with E-state index in [1.807, 2.05) is 13.8 Å². The average molecular weight is 194 g/mol. The Morgan fingerprint density at radius 2 is 2.14 bits per heavy atom. The van der Waals surface area contributed by atoms with Crippen molar-refractivity contribution in [2.45, 2.75) is 26.8 Å². The quantitative estimate of drug-likeness (QED) is 0.771. The first-order valence-corrected chi connectivity index (χ1v) is 4.47. The maximum atomic E-state index is 10.7. The molecule has 0 fully saturated rings. The first-order valence-electron chi connectivity index (χ1n) is 4.47. The number of hydrogen-bond donors (Lipinski definition) is 2. The number of carboxylic acid groups (broad SMARTS) is 1. The van der Waals surface area contributed by atoms with Gasteiger partial charge in [-0.25, -0.2) is 9.78 Å². The molecule has 1 rings (SSSR count). The molecule has 1 aromatic rings. The Hall–Kier alpha value is -1.58. The lowest BCUT2D eigenvalue weighted by Crippen LogP contribution is -2.12. The lowest BCUT2D eigenvalue weighted by molar-refractivity contribution is 0.0696. The summed E-state index contributed by atoms with van der Waals surface area (Å²) >= 11 is 0. The molecule has 0 amide bonds. The topological polar surface area (TPSA) is 62.2 Å². The molecule has 0 aromatic carbocycles. The van der Waals surface area contributed by atoms with Gasteiger partial charge in [0.15, 0.2) is 0 Å². The molecule has 1 heterocycles. The van der Waals surface area contributed by atoms with E-state index in [-0.39, 0.29) is 11.6 Å². The molecule has 0 aliphatic heterocycles. The summed E-state index contributed by atoms with van der Waals surface area (Å²) in [7, 11) is 0. The molecule has 0 atom stereocenters. The monoisotopic (exact) mass is 194 g/mol. The second-order valence-corrected chi connectivity index (χ2v) is 3.49. The number of pyridine rings is 1. The number of carboxylic acids is 1. The predicted molar refractivity (Wildman–Crippen MR) is 54.7 cm³/mol. The van der Waals surface area contributed by atoms with Crippen LogP contribution in [0.2, 0.25) is 0 Å². The summed E-state index contributed by atoms with van der Waals surface area (Å²) in [5, 5.41) is 11.9. The Balaban J connectivity index is 3.01. The molecule has 4 heteroatoms. The van der Waals surface area contributed by atoms with Gasteiger partial charge in [0.05, 0.1) is 5.56 Å². The summed E-state index contributed by atoms with van der Waals surface area (Å²) in [6, 6.07) is 3.33. The van der Waals surface area contributed by atoms with Crippen molar-refractivity contribution in [3.8, 4) is 0 Å². The molecule has 1 aromatic heterocycles. The van der Waals surface area contributed by atoms with Crippen LogP contribution in [-0.4, -0.2) is 22.1 Å². The van der Waals surface area contributed by atoms with E-state index in [2.05, 4.69) is 10.3 Å². The Morgan fingerprint density at radius 1 is 1.50 bits per heavy atom. The van der Waals surface area contributed by atoms with Gasteiger partial charge in [0.1, 0.15) is 5.82 Å². The van der Waals surface area contributed by atoms with Crippen LogP contribution in [0.15, 0.2) is 12.1 Å². The van der Waals surface area contributed by atoms with E-state index in [9.17, 15) is 4.79 Å². The Morgan fingerprint density at radius 3 is 2.64 bits per heavy atom. The molecule has 0 unspecified atom stereocenters. The first kappa shape index (κ1) is 10.5. The fraction of sp³-hybridized carbons (Fsp3) is 0.400. The van der Waals surface area contributed by atoms with Crippen LogP contribution in [0.4, 0.5) is 5.82 Å². The second kappa shape index (κ2) is 4.09. The van der Waals surface area contributed by atoms with Gasteiger partial charge in [-0.15, -0.1) is 0 Å². The minimum atomic E-state index is -0.928. The van der Waals surface area contributed by atoms with Crippen molar-refractivity contribution in [3.05, 3.63) is 23.4 Å². The van der Waals surface area contributed by atoms with E-state index in [0.717, 1.165) is 0 Å². The van der Waals surface area contributed by atoms with E-state index < -0.39 is 5.97 Å². The van der Waals surface area contributed by atoms with Gasteiger partial charge >= 0.3 is 5.97 Å². The van der Waals surface area contributed by atoms with Crippen LogP contribution in [-0.2, 0) is 0 Å². The molecule has 4 nitrogen and oxygen atoms in total. The minimum Gasteiger partial charge on any atom is -0.478 e. The van der Waals surface area contributed by atoms with E-state index in [4.69, 9.17) is 5.11 Å². The summed E-state index contributed by atoms with van der Waals surface area (Å²) in [6.45, 7) is 5.73. The van der Waals surface area contributed by atoms with E-state index in [1.165, 1.54) is 6.07 Å². The van der Waals surface area contributed by atoms with Gasteiger partial charge < -0.3 is 10.4 Å². The maximum absolute atomic E-state index is 10.7. The third-order valence-electron chi connectivity index (χ3n) is 1.64. The molecule has 0 aliphatic rings. The van der Waals surface area contributed by atoms with E-state index in [0.29, 0.717) is 11.5 Å². The van der Waals surface area contributed by atoms with Crippen LogP contribution in [0, 0.1) is 6.92 Å². The molecule has 0 saturated heterocycles. The van der Waals surface area contributed by atoms with Crippen LogP contribution < -0.4 is 5.32 Å². The van der Waals surface area contributed by atoms with Crippen molar-refractivity contribution in [1.29, 1.82) is 0 Å². The third kappa shape index (κ3) is 2.73. The van der Waals surface area contributed by atoms with Crippen LogP contribution in [0.1, 0.15) is 29.9 Å². The Bertz CT molecular complexity index is 348. The van der Waals surface area contributed by atoms with Crippen LogP contribution in [0.3, 0.4) is 0 Å². The van der Waals surface area contributed by atoms with E-state index >= 15 is 0 Å². The highest BCUT2D eigenvalue weighted by Gasteiger charge is 2.06. The Labute approximate surface area is 83.0 Å². The van der Waals surface area contributed by atoms with Gasteiger partial charge in [0.25, 0.3) is 0 Å². The van der Waals surface area contributed by atoms with Crippen LogP contribution in [0.5, 0.6) is 0 Å². The number of carbonyl (C=O) groups is 1. The number of anilines is 1. The van der Waals surface area contributed by atoms with Crippen molar-refractivity contribution >= 4 is 11.8 Å². The summed E-state index contributed by atoms with van der Waals surface area (Å²) in [5.41, 5.74) is 0.966. The van der Waals surface area contributed by atoms with Crippen molar-refractivity contribution in [2.75, 3.05) is 5.32 Å². The molecule has 0 radical (unpaired) electrons. The molecule has 14 heavy (non-hydrogen) atoms. The number of nitrogens with zero attached hydrogens (tertiary/aromatic N) is 1. The predicted octanol–water partition coefficient (Wildman–Crippen LogP) is 1.91. The van der Waals surface area contributed by atoms with Gasteiger partial charge in [-0.1, -0.05) is 0 Å². The number of aryl methyl sites for hydroxylation is 1. The van der Waals surface area contributed by atoms with Crippen LogP contribution >= 0.6 is 0 Å². The summed E-state index contributed by atoms with van der Waals surface area (Å²) in [4.78, 5) is 14.9. The van der Waals surface area contributed by atoms with Gasteiger partial charge in [-0.2, -0.15) is 0 Å². The summed E-state index contributed by atoms with van der Waals surface area (Å²) < 4.78 is 0. The second-order valence-electron chi connectivity index (χ2n) is 3.49. The van der Waals surface area contributed by atoms with Gasteiger partial charge in [-0.05, 0) is 32.9 Å². The molecular formula is C10H14N2O2. The normalized spacial score (nSPS) is 10.3. The van der Waals surface area contributed by atoms with Gasteiger partial charge in [0.2, 0.25) is 0 Å². The number of rotatable bonds is 3. The molecule has 0 bridgehead atoms.